The molecule has 0 radical (unpaired) electrons. The van der Waals surface area contributed by atoms with Crippen LogP contribution in [0, 0.1) is 22.7 Å². The molecule has 2 aliphatic heterocycles. The lowest BCUT2D eigenvalue weighted by Crippen LogP contribution is -2.30. The summed E-state index contributed by atoms with van der Waals surface area (Å²) in [5, 5.41) is 22.1. The van der Waals surface area contributed by atoms with Crippen molar-refractivity contribution < 1.29 is 0 Å². The molecule has 0 unspecified atom stereocenters. The molecule has 0 spiro atoms. The van der Waals surface area contributed by atoms with Crippen LogP contribution in [0.2, 0.25) is 0 Å². The Bertz CT molecular complexity index is 2510. The highest BCUT2D eigenvalue weighted by molar-refractivity contribution is 6.17. The summed E-state index contributed by atoms with van der Waals surface area (Å²) in [5.74, 6) is 0. The Morgan fingerprint density at radius 3 is 1.13 bits per heavy atom. The van der Waals surface area contributed by atoms with Gasteiger partial charge in [-0.1, -0.05) is 100 Å². The Hall–Kier alpha value is -6.76. The van der Waals surface area contributed by atoms with E-state index < -0.39 is 0 Å². The molecule has 0 atom stereocenters. The van der Waals surface area contributed by atoms with Gasteiger partial charge in [0.05, 0.1) is 34.1 Å². The fourth-order valence-corrected chi connectivity index (χ4v) is 8.98. The summed E-state index contributed by atoms with van der Waals surface area (Å²) in [6.07, 6.45) is 0. The maximum Gasteiger partial charge on any atom is 0.177 e. The molecule has 7 aromatic rings. The molecule has 0 saturated heterocycles. The minimum atomic E-state index is -0.200. The molecular formula is C46H32N6. The number of rotatable bonds is 2. The number of para-hydroxylation sites is 4. The van der Waals surface area contributed by atoms with Gasteiger partial charge in [0.15, 0.2) is 11.4 Å². The predicted molar refractivity (Wildman–Crippen MR) is 207 cm³/mol. The van der Waals surface area contributed by atoms with Crippen LogP contribution in [-0.2, 0) is 10.8 Å². The smallest absolute Gasteiger partial charge is 0.177 e. The second-order valence-corrected chi connectivity index (χ2v) is 14.9. The Morgan fingerprint density at radius 2 is 0.808 bits per heavy atom. The van der Waals surface area contributed by atoms with E-state index in [0.29, 0.717) is 11.4 Å². The van der Waals surface area contributed by atoms with Crippen molar-refractivity contribution in [3.8, 4) is 34.7 Å². The van der Waals surface area contributed by atoms with Crippen LogP contribution in [0.5, 0.6) is 0 Å². The number of hydrogen-bond donors (Lipinski definition) is 0. The topological polar surface area (TPSA) is 79.8 Å². The predicted octanol–water partition coefficient (Wildman–Crippen LogP) is 11.2. The molecule has 0 bridgehead atoms. The number of anilines is 6. The average Bonchev–Trinajstić information content (AvgIpc) is 3.47. The summed E-state index contributed by atoms with van der Waals surface area (Å²) in [5.41, 5.74) is 14.1. The largest absolute Gasteiger partial charge is 0.310 e. The zero-order chi connectivity index (χ0) is 35.5. The molecule has 0 amide bonds. The quantitative estimate of drug-likeness (QED) is 0.182. The lowest BCUT2D eigenvalue weighted by molar-refractivity contribution is 0.632. The van der Waals surface area contributed by atoms with Crippen LogP contribution >= 0.6 is 0 Å². The minimum absolute atomic E-state index is 0.0318. The van der Waals surface area contributed by atoms with Crippen LogP contribution in [0.1, 0.15) is 61.3 Å². The average molecular weight is 669 g/mol. The number of fused-ring (bicyclic) bond motifs is 7. The number of nitriles is 2. The Morgan fingerprint density at radius 1 is 0.481 bits per heavy atom. The van der Waals surface area contributed by atoms with Crippen LogP contribution in [0.25, 0.3) is 33.3 Å². The Kier molecular flexibility index (Phi) is 6.01. The number of hydrogen-bond acceptors (Lipinski definition) is 6. The van der Waals surface area contributed by atoms with Crippen molar-refractivity contribution in [1.29, 1.82) is 10.5 Å². The van der Waals surface area contributed by atoms with Crippen molar-refractivity contribution in [2.45, 2.75) is 38.5 Å². The van der Waals surface area contributed by atoms with E-state index in [1.54, 1.807) is 0 Å². The van der Waals surface area contributed by atoms with E-state index in [-0.39, 0.29) is 22.2 Å². The summed E-state index contributed by atoms with van der Waals surface area (Å²) < 4.78 is 0. The highest BCUT2D eigenvalue weighted by Crippen LogP contribution is 2.57. The molecule has 10 rings (SSSR count). The lowest BCUT2D eigenvalue weighted by Gasteiger charge is -2.42. The van der Waals surface area contributed by atoms with Crippen molar-refractivity contribution in [3.05, 3.63) is 155 Å². The fourth-order valence-electron chi connectivity index (χ4n) is 8.98. The first-order valence-electron chi connectivity index (χ1n) is 17.6. The Labute approximate surface area is 302 Å². The summed E-state index contributed by atoms with van der Waals surface area (Å²) in [4.78, 5) is 14.4. The zero-order valence-corrected chi connectivity index (χ0v) is 29.2. The third kappa shape index (κ3) is 3.87. The van der Waals surface area contributed by atoms with Crippen LogP contribution in [0.3, 0.4) is 0 Å². The van der Waals surface area contributed by atoms with Gasteiger partial charge in [-0.25, -0.2) is 9.97 Å². The van der Waals surface area contributed by atoms with Gasteiger partial charge in [-0.3, -0.25) is 0 Å². The summed E-state index contributed by atoms with van der Waals surface area (Å²) in [7, 11) is 0. The molecule has 0 fully saturated rings. The molecule has 3 heterocycles. The standard InChI is InChI=1S/C46H32N6/c1-45(2)32-13-5-9-17-38(32)51(39-18-10-6-14-33(39)45)28-21-27-22-29(24-31-42(27)30(23-28)43-44(31)50-37(26-48)36(25-47)49-43)52-40-19-11-7-15-34(40)46(3,4)35-16-8-12-20-41(35)52/h5-24H,1-4H3. The maximum atomic E-state index is 10.0. The second-order valence-electron chi connectivity index (χ2n) is 14.9. The van der Waals surface area contributed by atoms with Gasteiger partial charge in [-0.15, -0.1) is 0 Å². The molecule has 3 aliphatic rings. The summed E-state index contributed by atoms with van der Waals surface area (Å²) in [6.45, 7) is 9.16. The summed E-state index contributed by atoms with van der Waals surface area (Å²) >= 11 is 0. The van der Waals surface area contributed by atoms with E-state index in [1.807, 2.05) is 0 Å². The van der Waals surface area contributed by atoms with Crippen LogP contribution in [0.15, 0.2) is 121 Å². The molecule has 1 aliphatic carbocycles. The van der Waals surface area contributed by atoms with Gasteiger partial charge < -0.3 is 9.80 Å². The zero-order valence-electron chi connectivity index (χ0n) is 29.2. The van der Waals surface area contributed by atoms with Crippen molar-refractivity contribution in [2.24, 2.45) is 0 Å². The van der Waals surface area contributed by atoms with Crippen LogP contribution in [-0.4, -0.2) is 9.97 Å². The van der Waals surface area contributed by atoms with Crippen LogP contribution < -0.4 is 9.80 Å². The van der Waals surface area contributed by atoms with Gasteiger partial charge in [-0.2, -0.15) is 10.5 Å². The molecule has 1 aromatic heterocycles. The third-order valence-electron chi connectivity index (χ3n) is 11.4. The van der Waals surface area contributed by atoms with E-state index in [1.165, 1.54) is 22.3 Å². The van der Waals surface area contributed by atoms with E-state index in [0.717, 1.165) is 56.0 Å². The van der Waals surface area contributed by atoms with Crippen molar-refractivity contribution in [3.63, 3.8) is 0 Å². The Balaban J connectivity index is 1.30. The minimum Gasteiger partial charge on any atom is -0.310 e. The monoisotopic (exact) mass is 668 g/mol. The first-order valence-corrected chi connectivity index (χ1v) is 17.6. The number of aromatic nitrogens is 2. The molecule has 0 saturated carbocycles. The van der Waals surface area contributed by atoms with Crippen molar-refractivity contribution in [1.82, 2.24) is 9.97 Å². The van der Waals surface area contributed by atoms with E-state index in [9.17, 15) is 10.5 Å². The van der Waals surface area contributed by atoms with E-state index >= 15 is 0 Å². The van der Waals surface area contributed by atoms with E-state index in [4.69, 9.17) is 9.97 Å². The number of nitrogens with zero attached hydrogens (tertiary/aromatic N) is 6. The van der Waals surface area contributed by atoms with Crippen molar-refractivity contribution in [2.75, 3.05) is 9.80 Å². The third-order valence-corrected chi connectivity index (χ3v) is 11.4. The second kappa shape index (κ2) is 10.4. The molecule has 6 heteroatoms. The highest BCUT2D eigenvalue weighted by atomic mass is 15.2. The van der Waals surface area contributed by atoms with Gasteiger partial charge in [0.25, 0.3) is 0 Å². The van der Waals surface area contributed by atoms with Gasteiger partial charge >= 0.3 is 0 Å². The highest BCUT2D eigenvalue weighted by Gasteiger charge is 2.39. The van der Waals surface area contributed by atoms with Crippen molar-refractivity contribution >= 4 is 44.9 Å². The number of benzene rings is 6. The maximum absolute atomic E-state index is 10.0. The van der Waals surface area contributed by atoms with Gasteiger partial charge in [0.2, 0.25) is 0 Å². The van der Waals surface area contributed by atoms with Crippen LogP contribution in [0.4, 0.5) is 34.1 Å². The molecular weight excluding hydrogens is 637 g/mol. The lowest BCUT2D eigenvalue weighted by atomic mass is 9.73. The van der Waals surface area contributed by atoms with Gasteiger partial charge in [0.1, 0.15) is 12.1 Å². The molecule has 6 aromatic carbocycles. The fraction of sp³-hybridized carbons (Fsp3) is 0.130. The van der Waals surface area contributed by atoms with Gasteiger partial charge in [0, 0.05) is 38.7 Å². The summed E-state index contributed by atoms with van der Waals surface area (Å²) in [6, 6.07) is 47.7. The molecule has 246 valence electrons. The SMILES string of the molecule is CC1(C)c2ccccc2N(c2cc3c4c(cc(N5c6ccccc6C(C)(C)c6ccccc65)cc4c2)-c2nc(C#N)c(C#N)nc2-3)c2ccccc21. The normalized spacial score (nSPS) is 15.1. The molecule has 6 nitrogen and oxygen atoms in total. The van der Waals surface area contributed by atoms with E-state index in [2.05, 4.69) is 171 Å². The first kappa shape index (κ1) is 30.1. The molecule has 52 heavy (non-hydrogen) atoms. The van der Waals surface area contributed by atoms with Gasteiger partial charge in [-0.05, 0) is 76.2 Å². The first-order chi connectivity index (χ1) is 25.2. The molecule has 0 N–H and O–H groups in total.